The van der Waals surface area contributed by atoms with Gasteiger partial charge in [-0.15, -0.1) is 0 Å². The quantitative estimate of drug-likeness (QED) is 0.456. The molecule has 0 bridgehead atoms. The van der Waals surface area contributed by atoms with E-state index in [1.54, 1.807) is 49.4 Å². The highest BCUT2D eigenvalue weighted by Gasteiger charge is 2.32. The first kappa shape index (κ1) is 33.8. The molecular formula is C29H43N3O8S2. The van der Waals surface area contributed by atoms with Gasteiger partial charge in [-0.3, -0.25) is 9.52 Å². The summed E-state index contributed by atoms with van der Waals surface area (Å²) in [6.45, 7) is 5.77. The van der Waals surface area contributed by atoms with Gasteiger partial charge in [0.25, 0.3) is 5.91 Å². The summed E-state index contributed by atoms with van der Waals surface area (Å²) in [6, 6.07) is 12.1. The molecule has 13 heteroatoms. The molecule has 1 aliphatic heterocycles. The Bertz CT molecular complexity index is 1400. The Kier molecular flexibility index (Phi) is 11.8. The van der Waals surface area contributed by atoms with Crippen molar-refractivity contribution in [2.75, 3.05) is 44.3 Å². The van der Waals surface area contributed by atoms with Crippen LogP contribution in [0, 0.1) is 5.92 Å². The minimum Gasteiger partial charge on any atom is -0.490 e. The summed E-state index contributed by atoms with van der Waals surface area (Å²) >= 11 is 0. The molecule has 0 unspecified atom stereocenters. The molecule has 0 spiro atoms. The zero-order chi connectivity index (χ0) is 31.1. The van der Waals surface area contributed by atoms with Crippen molar-refractivity contribution < 1.29 is 36.2 Å². The Balaban J connectivity index is 1.98. The number of nitrogens with zero attached hydrogens (tertiary/aromatic N) is 2. The smallest absolute Gasteiger partial charge is 0.258 e. The van der Waals surface area contributed by atoms with E-state index in [9.17, 15) is 26.7 Å². The number of nitrogens with one attached hydrogen (secondary N) is 1. The lowest BCUT2D eigenvalue weighted by atomic mass is 10.0. The van der Waals surface area contributed by atoms with Gasteiger partial charge in [0.2, 0.25) is 20.0 Å². The number of carbonyl (C=O) groups is 1. The molecule has 2 N–H and O–H groups in total. The second-order valence-electron chi connectivity index (χ2n) is 11.0. The zero-order valence-electron chi connectivity index (χ0n) is 24.9. The lowest BCUT2D eigenvalue weighted by Crippen LogP contribution is -2.48. The third kappa shape index (κ3) is 9.14. The van der Waals surface area contributed by atoms with Crippen molar-refractivity contribution in [3.05, 3.63) is 54.1 Å². The minimum atomic E-state index is -3.77. The van der Waals surface area contributed by atoms with Gasteiger partial charge in [-0.1, -0.05) is 25.1 Å². The molecule has 0 aliphatic carbocycles. The van der Waals surface area contributed by atoms with Gasteiger partial charge in [0.15, 0.2) is 0 Å². The van der Waals surface area contributed by atoms with Crippen molar-refractivity contribution in [2.45, 2.75) is 63.2 Å². The van der Waals surface area contributed by atoms with Crippen LogP contribution in [-0.2, 0) is 24.8 Å². The van der Waals surface area contributed by atoms with Gasteiger partial charge in [-0.05, 0) is 63.4 Å². The fourth-order valence-electron chi connectivity index (χ4n) is 4.79. The van der Waals surface area contributed by atoms with Crippen LogP contribution in [0.3, 0.4) is 0 Å². The van der Waals surface area contributed by atoms with Crippen molar-refractivity contribution in [2.24, 2.45) is 5.92 Å². The summed E-state index contributed by atoms with van der Waals surface area (Å²) in [5, 5.41) is 10.1. The molecule has 11 nitrogen and oxygen atoms in total. The number of likely N-dealkylation sites (N-methyl/N-ethyl adjacent to an activating group) is 1. The first-order valence-electron chi connectivity index (χ1n) is 14.1. The predicted molar refractivity (Wildman–Crippen MR) is 162 cm³/mol. The first-order valence-corrected chi connectivity index (χ1v) is 17.4. The predicted octanol–water partition coefficient (Wildman–Crippen LogP) is 3.17. The van der Waals surface area contributed by atoms with Gasteiger partial charge in [0, 0.05) is 38.3 Å². The van der Waals surface area contributed by atoms with Crippen LogP contribution >= 0.6 is 0 Å². The molecule has 2 aromatic rings. The monoisotopic (exact) mass is 625 g/mol. The molecule has 4 atom stereocenters. The van der Waals surface area contributed by atoms with Crippen LogP contribution in [0.5, 0.6) is 5.75 Å². The highest BCUT2D eigenvalue weighted by Crippen LogP contribution is 2.29. The lowest BCUT2D eigenvalue weighted by Gasteiger charge is -2.35. The van der Waals surface area contributed by atoms with Crippen molar-refractivity contribution >= 4 is 31.6 Å². The number of hydrogen-bond acceptors (Lipinski definition) is 8. The van der Waals surface area contributed by atoms with Gasteiger partial charge < -0.3 is 19.5 Å². The van der Waals surface area contributed by atoms with E-state index in [0.717, 1.165) is 19.1 Å². The number of carbonyl (C=O) groups excluding carboxylic acids is 1. The second kappa shape index (κ2) is 14.6. The summed E-state index contributed by atoms with van der Waals surface area (Å²) in [6.07, 6.45) is 2.42. The highest BCUT2D eigenvalue weighted by molar-refractivity contribution is 7.92. The number of aliphatic hydroxyl groups excluding tert-OH is 1. The Morgan fingerprint density at radius 1 is 1.10 bits per heavy atom. The molecular weight excluding hydrogens is 582 g/mol. The summed E-state index contributed by atoms with van der Waals surface area (Å²) in [5.74, 6) is -0.475. The van der Waals surface area contributed by atoms with Gasteiger partial charge >= 0.3 is 0 Å². The first-order chi connectivity index (χ1) is 19.7. The van der Waals surface area contributed by atoms with Crippen molar-refractivity contribution in [3.63, 3.8) is 0 Å². The molecule has 0 aromatic heterocycles. The third-order valence-electron chi connectivity index (χ3n) is 7.24. The van der Waals surface area contributed by atoms with E-state index in [0.29, 0.717) is 18.8 Å². The van der Waals surface area contributed by atoms with Crippen LogP contribution in [0.15, 0.2) is 53.4 Å². The summed E-state index contributed by atoms with van der Waals surface area (Å²) < 4.78 is 66.4. The van der Waals surface area contributed by atoms with Gasteiger partial charge in [0.05, 0.1) is 41.6 Å². The number of sulfonamides is 2. The van der Waals surface area contributed by atoms with E-state index in [2.05, 4.69) is 4.72 Å². The van der Waals surface area contributed by atoms with E-state index in [1.165, 1.54) is 22.3 Å². The number of aliphatic hydroxyl groups is 1. The molecule has 1 heterocycles. The number of fused-ring (bicyclic) bond motifs is 1. The number of rotatable bonds is 8. The summed E-state index contributed by atoms with van der Waals surface area (Å²) in [7, 11) is -5.87. The molecule has 3 rings (SSSR count). The van der Waals surface area contributed by atoms with E-state index < -0.39 is 38.1 Å². The topological polar surface area (TPSA) is 143 Å². The fourth-order valence-corrected chi connectivity index (χ4v) is 6.55. The van der Waals surface area contributed by atoms with Crippen LogP contribution in [0.1, 0.15) is 50.4 Å². The molecule has 234 valence electrons. The maximum atomic E-state index is 14.1. The third-order valence-corrected chi connectivity index (χ3v) is 9.69. The van der Waals surface area contributed by atoms with Crippen LogP contribution in [0.4, 0.5) is 5.69 Å². The number of ether oxygens (including phenoxy) is 2. The van der Waals surface area contributed by atoms with Gasteiger partial charge in [0.1, 0.15) is 5.75 Å². The maximum absolute atomic E-state index is 14.1. The molecule has 0 fully saturated rings. The minimum absolute atomic E-state index is 0.0620. The second-order valence-corrected chi connectivity index (χ2v) is 14.8. The normalized spacial score (nSPS) is 22.1. The van der Waals surface area contributed by atoms with Crippen molar-refractivity contribution in [1.82, 2.24) is 9.21 Å². The number of anilines is 1. The van der Waals surface area contributed by atoms with E-state index in [-0.39, 0.29) is 47.9 Å². The molecule has 0 radical (unpaired) electrons. The van der Waals surface area contributed by atoms with E-state index in [4.69, 9.17) is 9.47 Å². The molecule has 2 aromatic carbocycles. The van der Waals surface area contributed by atoms with Gasteiger partial charge in [-0.25, -0.2) is 16.8 Å². The molecule has 1 aliphatic rings. The highest BCUT2D eigenvalue weighted by atomic mass is 32.2. The molecule has 0 saturated heterocycles. The Labute approximate surface area is 249 Å². The van der Waals surface area contributed by atoms with E-state index in [1.807, 2.05) is 13.8 Å². The Morgan fingerprint density at radius 3 is 2.43 bits per heavy atom. The Morgan fingerprint density at radius 2 is 1.79 bits per heavy atom. The zero-order valence-corrected chi connectivity index (χ0v) is 26.5. The Hall–Kier alpha value is -2.71. The van der Waals surface area contributed by atoms with Crippen molar-refractivity contribution in [1.29, 1.82) is 0 Å². The van der Waals surface area contributed by atoms with E-state index >= 15 is 0 Å². The average Bonchev–Trinajstić information content (AvgIpc) is 2.94. The van der Waals surface area contributed by atoms with Crippen LogP contribution in [0.2, 0.25) is 0 Å². The maximum Gasteiger partial charge on any atom is 0.258 e. The van der Waals surface area contributed by atoms with Crippen LogP contribution in [0.25, 0.3) is 0 Å². The number of hydrogen-bond donors (Lipinski definition) is 2. The lowest BCUT2D eigenvalue weighted by molar-refractivity contribution is -0.00833. The molecule has 0 saturated carbocycles. The summed E-state index contributed by atoms with van der Waals surface area (Å²) in [5.41, 5.74) is 0.363. The standard InChI is InChI=1S/C29H43N3O8S2/c1-21-18-32(22(2)20-33)29(34)26-17-24(30-41(5,35)36)14-15-27(26)40-23(3)11-9-10-16-39-28(21)19-31(4)42(37,38)25-12-7-6-8-13-25/h6-8,12-15,17,21-23,28,30,33H,9-11,16,18-20H2,1-5H3/t21-,22-,23-,28+/m1/s1. The van der Waals surface area contributed by atoms with Crippen LogP contribution in [-0.4, -0.2) is 94.9 Å². The van der Waals surface area contributed by atoms with Crippen LogP contribution < -0.4 is 9.46 Å². The number of benzene rings is 2. The number of amides is 1. The average molecular weight is 626 g/mol. The van der Waals surface area contributed by atoms with Crippen molar-refractivity contribution in [3.8, 4) is 5.75 Å². The molecule has 42 heavy (non-hydrogen) atoms. The summed E-state index contributed by atoms with van der Waals surface area (Å²) in [4.78, 5) is 15.7. The molecule has 1 amide bonds. The SMILES string of the molecule is C[C@@H]1CCCCO[C@@H](CN(C)S(=O)(=O)c2ccccc2)[C@H](C)CN([C@H](C)CO)C(=O)c2cc(NS(C)(=O)=O)ccc2O1. The largest absolute Gasteiger partial charge is 0.490 e. The van der Waals surface area contributed by atoms with Gasteiger partial charge in [-0.2, -0.15) is 4.31 Å². The fraction of sp³-hybridized carbons (Fsp3) is 0.552.